The highest BCUT2D eigenvalue weighted by Crippen LogP contribution is 2.39. The van der Waals surface area contributed by atoms with E-state index in [1.807, 2.05) is 72.9 Å². The zero-order chi connectivity index (χ0) is 24.2. The van der Waals surface area contributed by atoms with Gasteiger partial charge in [0.05, 0.1) is 17.8 Å². The molecular formula is C27H24BrN5OS. The number of nitrogens with zero attached hydrogens (tertiary/aromatic N) is 3. The number of hydrogen-bond donors (Lipinski definition) is 2. The maximum Gasteiger partial charge on any atom is 0.226 e. The third kappa shape index (κ3) is 5.13. The molecule has 2 N–H and O–H groups in total. The number of anilines is 1. The lowest BCUT2D eigenvalue weighted by Gasteiger charge is -2.29. The van der Waals surface area contributed by atoms with Crippen molar-refractivity contribution in [2.24, 2.45) is 0 Å². The quantitative estimate of drug-likeness (QED) is 0.294. The number of thiocarbonyl (C=S) groups is 1. The predicted molar refractivity (Wildman–Crippen MR) is 145 cm³/mol. The molecule has 1 saturated heterocycles. The molecule has 0 unspecified atom stereocenters. The molecule has 0 aliphatic carbocycles. The van der Waals surface area contributed by atoms with Crippen molar-refractivity contribution in [2.75, 3.05) is 11.9 Å². The molecule has 2 aromatic heterocycles. The summed E-state index contributed by atoms with van der Waals surface area (Å²) in [6, 6.07) is 27.4. The van der Waals surface area contributed by atoms with Gasteiger partial charge in [0.1, 0.15) is 0 Å². The van der Waals surface area contributed by atoms with E-state index in [1.54, 1.807) is 6.20 Å². The van der Waals surface area contributed by atoms with Crippen LogP contribution in [0.3, 0.4) is 0 Å². The van der Waals surface area contributed by atoms with Crippen LogP contribution in [0.1, 0.15) is 29.9 Å². The van der Waals surface area contributed by atoms with Gasteiger partial charge in [-0.1, -0.05) is 46.3 Å². The number of benzene rings is 2. The molecule has 1 amide bonds. The number of halogens is 1. The first-order valence-corrected chi connectivity index (χ1v) is 12.6. The molecule has 0 bridgehead atoms. The average Bonchev–Trinajstić information content (AvgIpc) is 3.48. The van der Waals surface area contributed by atoms with E-state index in [0.717, 1.165) is 27.2 Å². The minimum Gasteiger partial charge on any atom is -0.352 e. The summed E-state index contributed by atoms with van der Waals surface area (Å²) >= 11 is 9.35. The summed E-state index contributed by atoms with van der Waals surface area (Å²) in [5, 5.41) is 7.04. The average molecular weight is 546 g/mol. The summed E-state index contributed by atoms with van der Waals surface area (Å²) < 4.78 is 3.17. The van der Waals surface area contributed by atoms with Crippen LogP contribution in [0, 0.1) is 0 Å². The van der Waals surface area contributed by atoms with Gasteiger partial charge in [-0.05, 0) is 66.8 Å². The number of carbonyl (C=O) groups is 1. The molecule has 4 aromatic rings. The number of hydrogen-bond acceptors (Lipinski definition) is 3. The van der Waals surface area contributed by atoms with Gasteiger partial charge in [-0.15, -0.1) is 0 Å². The number of aromatic nitrogens is 2. The number of nitrogens with one attached hydrogen (secondary N) is 2. The Kier molecular flexibility index (Phi) is 6.92. The van der Waals surface area contributed by atoms with Gasteiger partial charge in [-0.25, -0.2) is 0 Å². The molecule has 35 heavy (non-hydrogen) atoms. The molecule has 176 valence electrons. The number of carbonyl (C=O) groups excluding carboxylic acids is 1. The van der Waals surface area contributed by atoms with Gasteiger partial charge in [0, 0.05) is 46.9 Å². The first-order valence-electron chi connectivity index (χ1n) is 11.4. The molecule has 1 aliphatic heterocycles. The standard InChI is InChI=1S/C27H24BrN5OS/c28-19-8-6-11-21(18-19)32-16-7-13-23(32)26-25(22-12-4-5-15-29-22)31-27(35)33(26)17-14-24(34)30-20-9-2-1-3-10-20/h1-13,15-16,18,25-26H,14,17H2,(H,30,34)(H,31,35)/t25-,26+/m1/s1. The Morgan fingerprint density at radius 1 is 1.03 bits per heavy atom. The van der Waals surface area contributed by atoms with Gasteiger partial charge in [-0.3, -0.25) is 9.78 Å². The van der Waals surface area contributed by atoms with E-state index in [1.165, 1.54) is 0 Å². The van der Waals surface area contributed by atoms with Crippen LogP contribution in [0.4, 0.5) is 5.69 Å². The van der Waals surface area contributed by atoms with Crippen LogP contribution in [-0.2, 0) is 4.79 Å². The summed E-state index contributed by atoms with van der Waals surface area (Å²) in [7, 11) is 0. The molecule has 0 spiro atoms. The summed E-state index contributed by atoms with van der Waals surface area (Å²) in [6.45, 7) is 0.474. The molecule has 1 fully saturated rings. The smallest absolute Gasteiger partial charge is 0.226 e. The molecule has 5 rings (SSSR count). The van der Waals surface area contributed by atoms with Crippen LogP contribution in [0.15, 0.2) is 102 Å². The lowest BCUT2D eigenvalue weighted by molar-refractivity contribution is -0.116. The summed E-state index contributed by atoms with van der Waals surface area (Å²) in [5.74, 6) is -0.0543. The van der Waals surface area contributed by atoms with E-state index in [9.17, 15) is 4.79 Å². The second-order valence-electron chi connectivity index (χ2n) is 8.27. The number of rotatable bonds is 7. The Morgan fingerprint density at radius 3 is 2.63 bits per heavy atom. The lowest BCUT2D eigenvalue weighted by atomic mass is 10.0. The van der Waals surface area contributed by atoms with Crippen molar-refractivity contribution in [2.45, 2.75) is 18.5 Å². The fourth-order valence-corrected chi connectivity index (χ4v) is 5.15. The Morgan fingerprint density at radius 2 is 1.86 bits per heavy atom. The molecule has 0 radical (unpaired) electrons. The second kappa shape index (κ2) is 10.4. The highest BCUT2D eigenvalue weighted by Gasteiger charge is 2.41. The normalized spacial score (nSPS) is 17.3. The molecule has 8 heteroatoms. The SMILES string of the molecule is O=C(CCN1C(=S)N[C@H](c2ccccn2)[C@@H]1c1cccn1-c1cccc(Br)c1)Nc1ccccc1. The van der Waals surface area contributed by atoms with Crippen molar-refractivity contribution < 1.29 is 4.79 Å². The Labute approximate surface area is 218 Å². The van der Waals surface area contributed by atoms with Crippen LogP contribution in [-0.4, -0.2) is 32.0 Å². The van der Waals surface area contributed by atoms with E-state index in [0.29, 0.717) is 18.1 Å². The maximum absolute atomic E-state index is 12.7. The summed E-state index contributed by atoms with van der Waals surface area (Å²) in [5.41, 5.74) is 3.79. The van der Waals surface area contributed by atoms with Crippen LogP contribution >= 0.6 is 28.1 Å². The van der Waals surface area contributed by atoms with E-state index in [-0.39, 0.29) is 18.0 Å². The molecule has 2 aromatic carbocycles. The zero-order valence-corrected chi connectivity index (χ0v) is 21.2. The topological polar surface area (TPSA) is 62.2 Å². The lowest BCUT2D eigenvalue weighted by Crippen LogP contribution is -2.33. The van der Waals surface area contributed by atoms with Crippen LogP contribution in [0.25, 0.3) is 5.69 Å². The van der Waals surface area contributed by atoms with Crippen molar-refractivity contribution in [3.8, 4) is 5.69 Å². The summed E-state index contributed by atoms with van der Waals surface area (Å²) in [6.07, 6.45) is 4.15. The van der Waals surface area contributed by atoms with E-state index < -0.39 is 0 Å². The van der Waals surface area contributed by atoms with Gasteiger partial charge in [0.15, 0.2) is 5.11 Å². The minimum absolute atomic E-state index is 0.0543. The first kappa shape index (κ1) is 23.3. The van der Waals surface area contributed by atoms with Gasteiger partial charge in [0.25, 0.3) is 0 Å². The highest BCUT2D eigenvalue weighted by molar-refractivity contribution is 9.10. The molecule has 0 saturated carbocycles. The van der Waals surface area contributed by atoms with Crippen molar-refractivity contribution in [3.05, 3.63) is 113 Å². The number of para-hydroxylation sites is 1. The second-order valence-corrected chi connectivity index (χ2v) is 9.57. The third-order valence-electron chi connectivity index (χ3n) is 6.00. The molecule has 1 aliphatic rings. The van der Waals surface area contributed by atoms with Crippen molar-refractivity contribution >= 4 is 44.9 Å². The van der Waals surface area contributed by atoms with Crippen molar-refractivity contribution in [1.29, 1.82) is 0 Å². The Bertz CT molecular complexity index is 1330. The van der Waals surface area contributed by atoms with Crippen molar-refractivity contribution in [1.82, 2.24) is 19.8 Å². The largest absolute Gasteiger partial charge is 0.352 e. The van der Waals surface area contributed by atoms with Gasteiger partial charge < -0.3 is 20.1 Å². The molecular weight excluding hydrogens is 522 g/mol. The number of amides is 1. The molecule has 3 heterocycles. The van der Waals surface area contributed by atoms with Crippen LogP contribution < -0.4 is 10.6 Å². The number of pyridine rings is 1. The van der Waals surface area contributed by atoms with Gasteiger partial charge in [0.2, 0.25) is 5.91 Å². The molecule has 2 atom stereocenters. The molecule has 6 nitrogen and oxygen atoms in total. The zero-order valence-electron chi connectivity index (χ0n) is 18.8. The van der Waals surface area contributed by atoms with Crippen molar-refractivity contribution in [3.63, 3.8) is 0 Å². The van der Waals surface area contributed by atoms with Crippen LogP contribution in [0.2, 0.25) is 0 Å². The first-order chi connectivity index (χ1) is 17.1. The summed E-state index contributed by atoms with van der Waals surface area (Å²) in [4.78, 5) is 19.4. The maximum atomic E-state index is 12.7. The van der Waals surface area contributed by atoms with Gasteiger partial charge in [-0.2, -0.15) is 0 Å². The monoisotopic (exact) mass is 545 g/mol. The van der Waals surface area contributed by atoms with E-state index in [2.05, 4.69) is 59.2 Å². The third-order valence-corrected chi connectivity index (χ3v) is 6.85. The Hall–Kier alpha value is -3.49. The fraction of sp³-hybridized carbons (Fsp3) is 0.148. The minimum atomic E-state index is -0.151. The van der Waals surface area contributed by atoms with E-state index in [4.69, 9.17) is 12.2 Å². The Balaban J connectivity index is 1.45. The highest BCUT2D eigenvalue weighted by atomic mass is 79.9. The predicted octanol–water partition coefficient (Wildman–Crippen LogP) is 5.64. The fourth-order valence-electron chi connectivity index (χ4n) is 4.43. The van der Waals surface area contributed by atoms with Gasteiger partial charge >= 0.3 is 0 Å². The van der Waals surface area contributed by atoms with E-state index >= 15 is 0 Å². The van der Waals surface area contributed by atoms with Crippen LogP contribution in [0.5, 0.6) is 0 Å².